The molecule has 3 rings (SSSR count). The second-order valence-electron chi connectivity index (χ2n) is 7.13. The normalized spacial score (nSPS) is 19.2. The van der Waals surface area contributed by atoms with Crippen LogP contribution in [0.25, 0.3) is 0 Å². The van der Waals surface area contributed by atoms with E-state index in [9.17, 15) is 4.39 Å². The van der Waals surface area contributed by atoms with Gasteiger partial charge in [-0.1, -0.05) is 12.1 Å². The first kappa shape index (κ1) is 17.2. The number of likely N-dealkylation sites (N-methyl/N-ethyl adjacent to an activating group) is 1. The number of halogens is 1. The number of hydrogen-bond donors (Lipinski definition) is 1. The fourth-order valence-electron chi connectivity index (χ4n) is 3.01. The Bertz CT molecular complexity index is 582. The lowest BCUT2D eigenvalue weighted by atomic mass is 9.96. The van der Waals surface area contributed by atoms with Crippen LogP contribution in [0.15, 0.2) is 29.3 Å². The van der Waals surface area contributed by atoms with Crippen LogP contribution in [0.2, 0.25) is 0 Å². The Hall–Kier alpha value is -1.62. The van der Waals surface area contributed by atoms with Crippen molar-refractivity contribution in [1.82, 2.24) is 10.2 Å². The molecule has 0 aliphatic heterocycles. The van der Waals surface area contributed by atoms with Crippen LogP contribution in [0, 0.1) is 11.7 Å². The maximum absolute atomic E-state index is 13.5. The molecule has 0 bridgehead atoms. The second-order valence-corrected chi connectivity index (χ2v) is 7.13. The third kappa shape index (κ3) is 4.47. The summed E-state index contributed by atoms with van der Waals surface area (Å²) >= 11 is 0. The SMILES string of the molecule is CN=C(NCC1(c2cccc(F)c2)CC1)N(C)CCOCC1CC1. The molecule has 2 saturated carbocycles. The number of aliphatic imine (C=N–C) groups is 1. The summed E-state index contributed by atoms with van der Waals surface area (Å²) in [7, 11) is 3.82. The predicted molar refractivity (Wildman–Crippen MR) is 94.8 cm³/mol. The largest absolute Gasteiger partial charge is 0.379 e. The molecule has 0 unspecified atom stereocenters. The lowest BCUT2D eigenvalue weighted by Crippen LogP contribution is -2.43. The van der Waals surface area contributed by atoms with Crippen LogP contribution in [0.3, 0.4) is 0 Å². The zero-order chi connectivity index (χ0) is 17.0. The molecule has 0 saturated heterocycles. The van der Waals surface area contributed by atoms with Crippen molar-refractivity contribution in [3.63, 3.8) is 0 Å². The van der Waals surface area contributed by atoms with Crippen LogP contribution < -0.4 is 5.32 Å². The number of hydrogen-bond acceptors (Lipinski definition) is 2. The van der Waals surface area contributed by atoms with E-state index in [1.165, 1.54) is 18.9 Å². The average Bonchev–Trinajstić information content (AvgIpc) is 3.47. The Morgan fingerprint density at radius 1 is 1.42 bits per heavy atom. The topological polar surface area (TPSA) is 36.9 Å². The summed E-state index contributed by atoms with van der Waals surface area (Å²) in [5.74, 6) is 1.51. The number of nitrogens with zero attached hydrogens (tertiary/aromatic N) is 2. The van der Waals surface area contributed by atoms with E-state index in [2.05, 4.69) is 15.2 Å². The molecule has 24 heavy (non-hydrogen) atoms. The fourth-order valence-corrected chi connectivity index (χ4v) is 3.01. The van der Waals surface area contributed by atoms with Gasteiger partial charge in [-0.3, -0.25) is 4.99 Å². The van der Waals surface area contributed by atoms with Gasteiger partial charge in [-0.25, -0.2) is 4.39 Å². The van der Waals surface area contributed by atoms with E-state index in [1.807, 2.05) is 13.1 Å². The van der Waals surface area contributed by atoms with Crippen molar-refractivity contribution in [1.29, 1.82) is 0 Å². The van der Waals surface area contributed by atoms with Crippen LogP contribution >= 0.6 is 0 Å². The van der Waals surface area contributed by atoms with E-state index in [4.69, 9.17) is 4.74 Å². The van der Waals surface area contributed by atoms with Gasteiger partial charge in [0.05, 0.1) is 6.61 Å². The number of ether oxygens (including phenoxy) is 1. The monoisotopic (exact) mass is 333 g/mol. The van der Waals surface area contributed by atoms with Gasteiger partial charge in [-0.15, -0.1) is 0 Å². The molecule has 2 aliphatic rings. The highest BCUT2D eigenvalue weighted by molar-refractivity contribution is 5.79. The minimum atomic E-state index is -0.159. The van der Waals surface area contributed by atoms with Gasteiger partial charge in [0.2, 0.25) is 0 Å². The van der Waals surface area contributed by atoms with Crippen LogP contribution in [0.4, 0.5) is 4.39 Å². The predicted octanol–water partition coefficient (Wildman–Crippen LogP) is 2.79. The third-order valence-electron chi connectivity index (χ3n) is 5.07. The third-order valence-corrected chi connectivity index (χ3v) is 5.07. The minimum absolute atomic E-state index is 0.0569. The molecule has 2 aliphatic carbocycles. The first-order chi connectivity index (χ1) is 11.6. The Labute approximate surface area is 144 Å². The summed E-state index contributed by atoms with van der Waals surface area (Å²) in [4.78, 5) is 6.45. The van der Waals surface area contributed by atoms with Gasteiger partial charge < -0.3 is 15.0 Å². The molecular formula is C19H28FN3O. The number of nitrogens with one attached hydrogen (secondary N) is 1. The number of rotatable bonds is 8. The summed E-state index contributed by atoms with van der Waals surface area (Å²) in [5.41, 5.74) is 1.14. The van der Waals surface area contributed by atoms with E-state index in [0.29, 0.717) is 0 Å². The van der Waals surface area contributed by atoms with Crippen LogP contribution in [0.1, 0.15) is 31.2 Å². The molecule has 2 fully saturated rings. The molecule has 0 aromatic heterocycles. The summed E-state index contributed by atoms with van der Waals surface area (Å²) in [6, 6.07) is 6.98. The molecule has 1 N–H and O–H groups in total. The average molecular weight is 333 g/mol. The first-order valence-electron chi connectivity index (χ1n) is 8.88. The van der Waals surface area contributed by atoms with E-state index in [0.717, 1.165) is 56.6 Å². The van der Waals surface area contributed by atoms with Gasteiger partial charge in [-0.2, -0.15) is 0 Å². The van der Waals surface area contributed by atoms with Crippen molar-refractivity contribution in [3.8, 4) is 0 Å². The van der Waals surface area contributed by atoms with Crippen LogP contribution in [-0.4, -0.2) is 51.3 Å². The highest BCUT2D eigenvalue weighted by Gasteiger charge is 2.44. The standard InChI is InChI=1S/C19H28FN3O/c1-21-18(23(2)10-11-24-13-15-6-7-15)22-14-19(8-9-19)16-4-3-5-17(20)12-16/h3-5,12,15H,6-11,13-14H2,1-2H3,(H,21,22). The maximum Gasteiger partial charge on any atom is 0.193 e. The molecular weight excluding hydrogens is 305 g/mol. The highest BCUT2D eigenvalue weighted by atomic mass is 19.1. The van der Waals surface area contributed by atoms with E-state index in [1.54, 1.807) is 19.2 Å². The van der Waals surface area contributed by atoms with Crippen molar-refractivity contribution in [2.75, 3.05) is 40.4 Å². The molecule has 5 heteroatoms. The van der Waals surface area contributed by atoms with Crippen molar-refractivity contribution in [2.24, 2.45) is 10.9 Å². The van der Waals surface area contributed by atoms with Crippen molar-refractivity contribution in [2.45, 2.75) is 31.1 Å². The van der Waals surface area contributed by atoms with Crippen molar-refractivity contribution in [3.05, 3.63) is 35.6 Å². The van der Waals surface area contributed by atoms with Crippen molar-refractivity contribution >= 4 is 5.96 Å². The minimum Gasteiger partial charge on any atom is -0.379 e. The zero-order valence-corrected chi connectivity index (χ0v) is 14.7. The van der Waals surface area contributed by atoms with E-state index < -0.39 is 0 Å². The van der Waals surface area contributed by atoms with E-state index in [-0.39, 0.29) is 11.2 Å². The maximum atomic E-state index is 13.5. The Kier molecular flexibility index (Phi) is 5.39. The van der Waals surface area contributed by atoms with Gasteiger partial charge in [0, 0.05) is 39.2 Å². The smallest absolute Gasteiger partial charge is 0.193 e. The lowest BCUT2D eigenvalue weighted by molar-refractivity contribution is 0.115. The molecule has 1 aromatic carbocycles. The number of benzene rings is 1. The van der Waals surface area contributed by atoms with Crippen LogP contribution in [-0.2, 0) is 10.2 Å². The molecule has 0 spiro atoms. The number of guanidine groups is 1. The second kappa shape index (κ2) is 7.51. The van der Waals surface area contributed by atoms with Crippen molar-refractivity contribution < 1.29 is 9.13 Å². The molecule has 4 nitrogen and oxygen atoms in total. The van der Waals surface area contributed by atoms with Gasteiger partial charge in [-0.05, 0) is 49.3 Å². The molecule has 0 atom stereocenters. The van der Waals surface area contributed by atoms with Gasteiger partial charge >= 0.3 is 0 Å². The summed E-state index contributed by atoms with van der Waals surface area (Å²) in [6.07, 6.45) is 4.83. The van der Waals surface area contributed by atoms with Crippen LogP contribution in [0.5, 0.6) is 0 Å². The Balaban J connectivity index is 1.46. The van der Waals surface area contributed by atoms with E-state index >= 15 is 0 Å². The zero-order valence-electron chi connectivity index (χ0n) is 14.7. The molecule has 132 valence electrons. The Morgan fingerprint density at radius 3 is 2.83 bits per heavy atom. The fraction of sp³-hybridized carbons (Fsp3) is 0.632. The van der Waals surface area contributed by atoms with Gasteiger partial charge in [0.1, 0.15) is 5.82 Å². The summed E-state index contributed by atoms with van der Waals surface area (Å²) < 4.78 is 19.2. The van der Waals surface area contributed by atoms with Gasteiger partial charge in [0.15, 0.2) is 5.96 Å². The summed E-state index contributed by atoms with van der Waals surface area (Å²) in [5, 5.41) is 3.45. The Morgan fingerprint density at radius 2 is 2.21 bits per heavy atom. The molecule has 0 heterocycles. The first-order valence-corrected chi connectivity index (χ1v) is 8.88. The highest BCUT2D eigenvalue weighted by Crippen LogP contribution is 2.47. The molecule has 1 aromatic rings. The quantitative estimate of drug-likeness (QED) is 0.451. The summed E-state index contributed by atoms with van der Waals surface area (Å²) in [6.45, 7) is 3.22. The molecule has 0 amide bonds. The molecule has 0 radical (unpaired) electrons. The van der Waals surface area contributed by atoms with Gasteiger partial charge in [0.25, 0.3) is 0 Å². The lowest BCUT2D eigenvalue weighted by Gasteiger charge is -2.25.